The number of nitrogens with zero attached hydrogens (tertiary/aromatic N) is 2. The van der Waals surface area contributed by atoms with E-state index in [0.29, 0.717) is 25.9 Å². The Bertz CT molecular complexity index is 472. The van der Waals surface area contributed by atoms with Gasteiger partial charge >= 0.3 is 12.0 Å². The highest BCUT2D eigenvalue weighted by Gasteiger charge is 2.25. The van der Waals surface area contributed by atoms with Crippen molar-refractivity contribution in [2.75, 3.05) is 19.7 Å². The van der Waals surface area contributed by atoms with Gasteiger partial charge in [-0.05, 0) is 19.8 Å². The Morgan fingerprint density at radius 1 is 1.57 bits per heavy atom. The second-order valence-electron chi connectivity index (χ2n) is 4.93. The lowest BCUT2D eigenvalue weighted by molar-refractivity contribution is -0.145. The molecule has 7 nitrogen and oxygen atoms in total. The Morgan fingerprint density at radius 3 is 2.86 bits per heavy atom. The first-order chi connectivity index (χ1) is 10.1. The molecule has 1 aromatic heterocycles. The molecule has 0 aliphatic carbocycles. The normalized spacial score (nSPS) is 17.5. The summed E-state index contributed by atoms with van der Waals surface area (Å²) >= 11 is 1.51. The van der Waals surface area contributed by atoms with Crippen molar-refractivity contribution in [2.45, 2.75) is 31.9 Å². The minimum Gasteiger partial charge on any atom is -0.480 e. The van der Waals surface area contributed by atoms with Crippen LogP contribution in [0, 0.1) is 0 Å². The lowest BCUT2D eigenvalue weighted by Crippen LogP contribution is -2.46. The topological polar surface area (TPSA) is 91.8 Å². The quantitative estimate of drug-likeness (QED) is 0.859. The number of carbonyl (C=O) groups is 2. The molecule has 21 heavy (non-hydrogen) atoms. The Balaban J connectivity index is 1.74. The van der Waals surface area contributed by atoms with Gasteiger partial charge in [0.1, 0.15) is 11.6 Å². The third-order valence-corrected chi connectivity index (χ3v) is 4.29. The van der Waals surface area contributed by atoms with Gasteiger partial charge in [-0.1, -0.05) is 0 Å². The highest BCUT2D eigenvalue weighted by Crippen LogP contribution is 2.17. The lowest BCUT2D eigenvalue weighted by Gasteiger charge is -2.32. The summed E-state index contributed by atoms with van der Waals surface area (Å²) in [6.07, 6.45) is 2.95. The maximum atomic E-state index is 12.1. The van der Waals surface area contributed by atoms with Crippen LogP contribution in [-0.4, -0.2) is 52.8 Å². The number of amides is 2. The van der Waals surface area contributed by atoms with Crippen molar-refractivity contribution in [1.29, 1.82) is 0 Å². The molecule has 2 amide bonds. The Labute approximate surface area is 126 Å². The molecule has 0 aromatic carbocycles. The van der Waals surface area contributed by atoms with E-state index in [1.54, 1.807) is 11.1 Å². The third kappa shape index (κ3) is 4.68. The van der Waals surface area contributed by atoms with E-state index < -0.39 is 5.97 Å². The lowest BCUT2D eigenvalue weighted by atomic mass is 10.1. The number of urea groups is 1. The zero-order chi connectivity index (χ0) is 15.2. The van der Waals surface area contributed by atoms with Crippen molar-refractivity contribution in [3.8, 4) is 0 Å². The van der Waals surface area contributed by atoms with Crippen molar-refractivity contribution < 1.29 is 19.4 Å². The second kappa shape index (κ2) is 7.37. The molecule has 1 aromatic rings. The summed E-state index contributed by atoms with van der Waals surface area (Å²) in [7, 11) is 0. The van der Waals surface area contributed by atoms with E-state index in [9.17, 15) is 9.59 Å². The average molecular weight is 313 g/mol. The van der Waals surface area contributed by atoms with Crippen LogP contribution in [0.15, 0.2) is 11.6 Å². The summed E-state index contributed by atoms with van der Waals surface area (Å²) in [6.45, 7) is 2.76. The van der Waals surface area contributed by atoms with Crippen molar-refractivity contribution >= 4 is 23.3 Å². The molecule has 1 fully saturated rings. The number of ether oxygens (including phenoxy) is 1. The van der Waals surface area contributed by atoms with Gasteiger partial charge in [-0.15, -0.1) is 11.3 Å². The molecule has 2 heterocycles. The van der Waals surface area contributed by atoms with Gasteiger partial charge in [0.25, 0.3) is 0 Å². The molecule has 0 saturated carbocycles. The van der Waals surface area contributed by atoms with Crippen LogP contribution in [0.2, 0.25) is 0 Å². The molecular weight excluding hydrogens is 294 g/mol. The summed E-state index contributed by atoms with van der Waals surface area (Å²) in [4.78, 5) is 28.5. The first-order valence-corrected chi connectivity index (χ1v) is 7.72. The van der Waals surface area contributed by atoms with Crippen LogP contribution in [0.3, 0.4) is 0 Å². The monoisotopic (exact) mass is 313 g/mol. The molecule has 8 heteroatoms. The number of aromatic nitrogens is 1. The Kier molecular flexibility index (Phi) is 5.51. The second-order valence-corrected chi connectivity index (χ2v) is 5.86. The number of aliphatic carboxylic acids is 1. The molecule has 1 aliphatic rings. The van der Waals surface area contributed by atoms with Crippen molar-refractivity contribution in [1.82, 2.24) is 15.2 Å². The Morgan fingerprint density at radius 2 is 2.29 bits per heavy atom. The van der Waals surface area contributed by atoms with Gasteiger partial charge in [-0.2, -0.15) is 0 Å². The fraction of sp³-hybridized carbons (Fsp3) is 0.615. The zero-order valence-electron chi connectivity index (χ0n) is 11.8. The molecule has 1 unspecified atom stereocenters. The molecule has 116 valence electrons. The van der Waals surface area contributed by atoms with Crippen molar-refractivity contribution in [3.05, 3.63) is 16.6 Å². The van der Waals surface area contributed by atoms with E-state index in [2.05, 4.69) is 10.3 Å². The maximum absolute atomic E-state index is 12.1. The summed E-state index contributed by atoms with van der Waals surface area (Å²) in [5, 5.41) is 14.2. The van der Waals surface area contributed by atoms with E-state index in [1.165, 1.54) is 11.3 Å². The number of carbonyl (C=O) groups excluding carboxylic acids is 1. The number of thiazole rings is 1. The number of carboxylic acids is 1. The van der Waals surface area contributed by atoms with Crippen LogP contribution in [0.1, 0.15) is 30.8 Å². The molecule has 2 N–H and O–H groups in total. The van der Waals surface area contributed by atoms with E-state index in [4.69, 9.17) is 9.84 Å². The SMILES string of the molecule is CC(NC(=O)N1CCC(OCC(=O)O)CC1)c1nccs1. The third-order valence-electron chi connectivity index (χ3n) is 3.33. The van der Waals surface area contributed by atoms with Gasteiger partial charge in [0.15, 0.2) is 0 Å². The van der Waals surface area contributed by atoms with Gasteiger partial charge < -0.3 is 20.1 Å². The van der Waals surface area contributed by atoms with Gasteiger partial charge in [-0.3, -0.25) is 0 Å². The summed E-state index contributed by atoms with van der Waals surface area (Å²) in [5.74, 6) is -0.965. The smallest absolute Gasteiger partial charge is 0.329 e. The highest BCUT2D eigenvalue weighted by atomic mass is 32.1. The average Bonchev–Trinajstić information content (AvgIpc) is 3.00. The molecule has 0 radical (unpaired) electrons. The van der Waals surface area contributed by atoms with Gasteiger partial charge in [-0.25, -0.2) is 14.6 Å². The zero-order valence-corrected chi connectivity index (χ0v) is 12.6. The first-order valence-electron chi connectivity index (χ1n) is 6.84. The van der Waals surface area contributed by atoms with E-state index in [1.807, 2.05) is 12.3 Å². The van der Waals surface area contributed by atoms with Crippen molar-refractivity contribution in [3.63, 3.8) is 0 Å². The molecule has 2 rings (SSSR count). The minimum absolute atomic E-state index is 0.0819. The number of piperidine rings is 1. The van der Waals surface area contributed by atoms with Crippen LogP contribution in [0.5, 0.6) is 0 Å². The predicted molar refractivity (Wildman–Crippen MR) is 77.2 cm³/mol. The fourth-order valence-electron chi connectivity index (χ4n) is 2.20. The van der Waals surface area contributed by atoms with Gasteiger partial charge in [0.2, 0.25) is 0 Å². The maximum Gasteiger partial charge on any atom is 0.329 e. The van der Waals surface area contributed by atoms with E-state index in [-0.39, 0.29) is 24.8 Å². The molecule has 1 aliphatic heterocycles. The molecular formula is C13H19N3O4S. The standard InChI is InChI=1S/C13H19N3O4S/c1-9(12-14-4-7-21-12)15-13(19)16-5-2-10(3-6-16)20-8-11(17)18/h4,7,9-10H,2-3,5-6,8H2,1H3,(H,15,19)(H,17,18). The van der Waals surface area contributed by atoms with Crippen LogP contribution in [0.4, 0.5) is 4.79 Å². The molecule has 0 spiro atoms. The number of carboxylic acid groups (broad SMARTS) is 1. The minimum atomic E-state index is -0.965. The number of rotatable bonds is 5. The fourth-order valence-corrected chi connectivity index (χ4v) is 2.85. The van der Waals surface area contributed by atoms with Crippen LogP contribution in [0.25, 0.3) is 0 Å². The highest BCUT2D eigenvalue weighted by molar-refractivity contribution is 7.09. The first kappa shape index (κ1) is 15.7. The van der Waals surface area contributed by atoms with Crippen molar-refractivity contribution in [2.24, 2.45) is 0 Å². The Hall–Kier alpha value is -1.67. The van der Waals surface area contributed by atoms with E-state index in [0.717, 1.165) is 5.01 Å². The number of nitrogens with one attached hydrogen (secondary N) is 1. The number of hydrogen-bond donors (Lipinski definition) is 2. The van der Waals surface area contributed by atoms with Gasteiger partial charge in [0.05, 0.1) is 12.1 Å². The number of hydrogen-bond acceptors (Lipinski definition) is 5. The van der Waals surface area contributed by atoms with Crippen LogP contribution < -0.4 is 5.32 Å². The van der Waals surface area contributed by atoms with Crippen LogP contribution in [-0.2, 0) is 9.53 Å². The van der Waals surface area contributed by atoms with Crippen LogP contribution >= 0.6 is 11.3 Å². The summed E-state index contributed by atoms with van der Waals surface area (Å²) in [6, 6.07) is -0.229. The largest absolute Gasteiger partial charge is 0.480 e. The number of likely N-dealkylation sites (tertiary alicyclic amines) is 1. The summed E-state index contributed by atoms with van der Waals surface area (Å²) < 4.78 is 5.25. The predicted octanol–water partition coefficient (Wildman–Crippen LogP) is 1.48. The summed E-state index contributed by atoms with van der Waals surface area (Å²) in [5.41, 5.74) is 0. The molecule has 0 bridgehead atoms. The van der Waals surface area contributed by atoms with Gasteiger partial charge in [0, 0.05) is 24.7 Å². The molecule has 1 saturated heterocycles. The molecule has 1 atom stereocenters. The van der Waals surface area contributed by atoms with E-state index >= 15 is 0 Å².